The highest BCUT2D eigenvalue weighted by molar-refractivity contribution is 7.99. The molecule has 1 aliphatic rings. The molecule has 2 aromatic rings. The fraction of sp³-hybridized carbons (Fsp3) is 0.391. The minimum atomic E-state index is -0.287. The van der Waals surface area contributed by atoms with Crippen molar-refractivity contribution < 1.29 is 14.3 Å². The number of rotatable bonds is 10. The first kappa shape index (κ1) is 22.2. The average Bonchev–Trinajstić information content (AvgIpc) is 2.78. The van der Waals surface area contributed by atoms with Gasteiger partial charge in [-0.05, 0) is 29.7 Å². The van der Waals surface area contributed by atoms with Crippen molar-refractivity contribution in [1.82, 2.24) is 10.2 Å². The Bertz CT molecular complexity index is 814. The number of hydrogen-bond acceptors (Lipinski definition) is 5. The maximum Gasteiger partial charge on any atom is 0.235 e. The maximum absolute atomic E-state index is 12.1. The van der Waals surface area contributed by atoms with Crippen LogP contribution in [0.15, 0.2) is 54.6 Å². The van der Waals surface area contributed by atoms with E-state index in [0.29, 0.717) is 32.5 Å². The average molecular weight is 428 g/mol. The molecule has 6 nitrogen and oxygen atoms in total. The molecule has 0 spiro atoms. The molecule has 0 saturated carbocycles. The number of carbonyl (C=O) groups is 2. The van der Waals surface area contributed by atoms with Crippen molar-refractivity contribution in [2.24, 2.45) is 5.73 Å². The molecule has 0 radical (unpaired) electrons. The molecule has 2 amide bonds. The van der Waals surface area contributed by atoms with Crippen LogP contribution in [0.4, 0.5) is 0 Å². The molecule has 3 N–H and O–H groups in total. The Morgan fingerprint density at radius 3 is 2.60 bits per heavy atom. The molecule has 0 aromatic heterocycles. The highest BCUT2D eigenvalue weighted by Gasteiger charge is 2.26. The number of nitrogens with two attached hydrogens (primary N) is 1. The standard InChI is InChI=1S/C23H29N3O3S/c24-23(28)21-17-30-15-14-26(21)13-12-25-22(27)11-8-18-6-9-20(10-7-18)29-16-19-4-2-1-3-5-19/h1-7,9-10,21H,8,11-17H2,(H2,24,28)(H,25,27). The molecule has 2 aromatic carbocycles. The summed E-state index contributed by atoms with van der Waals surface area (Å²) in [6, 6.07) is 17.7. The minimum absolute atomic E-state index is 0.0152. The fourth-order valence-corrected chi connectivity index (χ4v) is 4.47. The van der Waals surface area contributed by atoms with Gasteiger partial charge in [-0.2, -0.15) is 11.8 Å². The first-order valence-corrected chi connectivity index (χ1v) is 11.4. The molecule has 0 aliphatic carbocycles. The number of nitrogens with zero attached hydrogens (tertiary/aromatic N) is 1. The third kappa shape index (κ3) is 7.07. The zero-order chi connectivity index (χ0) is 21.2. The predicted octanol–water partition coefficient (Wildman–Crippen LogP) is 2.22. The molecule has 30 heavy (non-hydrogen) atoms. The lowest BCUT2D eigenvalue weighted by Crippen LogP contribution is -2.52. The number of thioether (sulfide) groups is 1. The quantitative estimate of drug-likeness (QED) is 0.607. The number of hydrogen-bond donors (Lipinski definition) is 2. The van der Waals surface area contributed by atoms with Crippen LogP contribution in [0.3, 0.4) is 0 Å². The number of aryl methyl sites for hydroxylation is 1. The summed E-state index contributed by atoms with van der Waals surface area (Å²) in [5.74, 6) is 2.26. The zero-order valence-electron chi connectivity index (χ0n) is 17.1. The van der Waals surface area contributed by atoms with Gasteiger partial charge in [0.1, 0.15) is 12.4 Å². The van der Waals surface area contributed by atoms with Crippen molar-refractivity contribution >= 4 is 23.6 Å². The molecular formula is C23H29N3O3S. The first-order valence-electron chi connectivity index (χ1n) is 10.3. The van der Waals surface area contributed by atoms with Gasteiger partial charge < -0.3 is 15.8 Å². The summed E-state index contributed by atoms with van der Waals surface area (Å²) in [6.45, 7) is 2.54. The molecule has 1 fully saturated rings. The van der Waals surface area contributed by atoms with Gasteiger partial charge in [0.15, 0.2) is 0 Å². The van der Waals surface area contributed by atoms with Gasteiger partial charge in [0.25, 0.3) is 0 Å². The van der Waals surface area contributed by atoms with Crippen molar-refractivity contribution in [3.05, 3.63) is 65.7 Å². The Labute approximate surface area is 182 Å². The Hall–Kier alpha value is -2.51. The van der Waals surface area contributed by atoms with E-state index in [-0.39, 0.29) is 17.9 Å². The smallest absolute Gasteiger partial charge is 0.235 e. The maximum atomic E-state index is 12.1. The van der Waals surface area contributed by atoms with Crippen LogP contribution in [0.25, 0.3) is 0 Å². The lowest BCUT2D eigenvalue weighted by molar-refractivity contribution is -0.122. The summed E-state index contributed by atoms with van der Waals surface area (Å²) in [5.41, 5.74) is 7.69. The van der Waals surface area contributed by atoms with Crippen LogP contribution in [-0.2, 0) is 22.6 Å². The minimum Gasteiger partial charge on any atom is -0.489 e. The van der Waals surface area contributed by atoms with Gasteiger partial charge in [-0.3, -0.25) is 14.5 Å². The van der Waals surface area contributed by atoms with E-state index in [1.54, 1.807) is 11.8 Å². The van der Waals surface area contributed by atoms with Crippen LogP contribution in [0.2, 0.25) is 0 Å². The van der Waals surface area contributed by atoms with Crippen LogP contribution in [0.1, 0.15) is 17.5 Å². The second-order valence-corrected chi connectivity index (χ2v) is 8.45. The lowest BCUT2D eigenvalue weighted by atomic mass is 10.1. The molecule has 160 valence electrons. The van der Waals surface area contributed by atoms with Crippen LogP contribution < -0.4 is 15.8 Å². The Kier molecular flexibility index (Phi) is 8.59. The Morgan fingerprint density at radius 2 is 1.87 bits per heavy atom. The zero-order valence-corrected chi connectivity index (χ0v) is 17.9. The molecule has 1 atom stereocenters. The molecule has 1 heterocycles. The molecule has 7 heteroatoms. The first-order chi connectivity index (χ1) is 14.6. The Balaban J connectivity index is 1.34. The van der Waals surface area contributed by atoms with Gasteiger partial charge in [0.2, 0.25) is 11.8 Å². The summed E-state index contributed by atoms with van der Waals surface area (Å²) in [5, 5.41) is 2.95. The molecule has 1 aliphatic heterocycles. The van der Waals surface area contributed by atoms with Gasteiger partial charge in [-0.1, -0.05) is 42.5 Å². The van der Waals surface area contributed by atoms with Crippen LogP contribution >= 0.6 is 11.8 Å². The summed E-state index contributed by atoms with van der Waals surface area (Å²) in [4.78, 5) is 25.7. The van der Waals surface area contributed by atoms with Crippen molar-refractivity contribution in [2.75, 3.05) is 31.1 Å². The Morgan fingerprint density at radius 1 is 1.10 bits per heavy atom. The van der Waals surface area contributed by atoms with E-state index in [1.807, 2.05) is 54.6 Å². The number of carbonyl (C=O) groups excluding carboxylic acids is 2. The van der Waals surface area contributed by atoms with E-state index < -0.39 is 0 Å². The number of ether oxygens (including phenoxy) is 1. The highest BCUT2D eigenvalue weighted by atomic mass is 32.2. The van der Waals surface area contributed by atoms with Crippen LogP contribution in [-0.4, -0.2) is 53.9 Å². The van der Waals surface area contributed by atoms with Crippen molar-refractivity contribution in [2.45, 2.75) is 25.5 Å². The molecule has 1 unspecified atom stereocenters. The lowest BCUT2D eigenvalue weighted by Gasteiger charge is -2.33. The van der Waals surface area contributed by atoms with Gasteiger partial charge >= 0.3 is 0 Å². The van der Waals surface area contributed by atoms with Crippen molar-refractivity contribution in [1.29, 1.82) is 0 Å². The number of benzene rings is 2. The normalized spacial score (nSPS) is 16.7. The van der Waals surface area contributed by atoms with Gasteiger partial charge in [0, 0.05) is 37.6 Å². The number of amides is 2. The van der Waals surface area contributed by atoms with E-state index in [4.69, 9.17) is 10.5 Å². The number of nitrogens with one attached hydrogen (secondary N) is 1. The fourth-order valence-electron chi connectivity index (χ4n) is 3.35. The third-order valence-electron chi connectivity index (χ3n) is 5.10. The summed E-state index contributed by atoms with van der Waals surface area (Å²) < 4.78 is 5.79. The number of primary amides is 1. The van der Waals surface area contributed by atoms with Gasteiger partial charge in [0.05, 0.1) is 6.04 Å². The van der Waals surface area contributed by atoms with E-state index in [9.17, 15) is 9.59 Å². The molecule has 1 saturated heterocycles. The predicted molar refractivity (Wildman–Crippen MR) is 120 cm³/mol. The van der Waals surface area contributed by atoms with Gasteiger partial charge in [-0.15, -0.1) is 0 Å². The molecule has 3 rings (SSSR count). The van der Waals surface area contributed by atoms with Crippen molar-refractivity contribution in [3.63, 3.8) is 0 Å². The van der Waals surface area contributed by atoms with Gasteiger partial charge in [-0.25, -0.2) is 0 Å². The topological polar surface area (TPSA) is 84.7 Å². The summed E-state index contributed by atoms with van der Waals surface area (Å²) in [6.07, 6.45) is 1.11. The second kappa shape index (κ2) is 11.6. The SMILES string of the molecule is NC(=O)C1CSCCN1CCNC(=O)CCc1ccc(OCc2ccccc2)cc1. The van der Waals surface area contributed by atoms with Crippen LogP contribution in [0.5, 0.6) is 5.75 Å². The van der Waals surface area contributed by atoms with E-state index in [0.717, 1.165) is 34.9 Å². The molecule has 0 bridgehead atoms. The highest BCUT2D eigenvalue weighted by Crippen LogP contribution is 2.16. The largest absolute Gasteiger partial charge is 0.489 e. The molecular weight excluding hydrogens is 398 g/mol. The summed E-state index contributed by atoms with van der Waals surface area (Å²) in [7, 11) is 0. The monoisotopic (exact) mass is 427 g/mol. The second-order valence-electron chi connectivity index (χ2n) is 7.30. The van der Waals surface area contributed by atoms with E-state index >= 15 is 0 Å². The van der Waals surface area contributed by atoms with E-state index in [1.165, 1.54) is 0 Å². The van der Waals surface area contributed by atoms with E-state index in [2.05, 4.69) is 10.2 Å². The van der Waals surface area contributed by atoms with Crippen molar-refractivity contribution in [3.8, 4) is 5.75 Å². The van der Waals surface area contributed by atoms with Crippen LogP contribution in [0, 0.1) is 0 Å². The third-order valence-corrected chi connectivity index (χ3v) is 6.12. The summed E-state index contributed by atoms with van der Waals surface area (Å²) >= 11 is 1.74.